The van der Waals surface area contributed by atoms with E-state index in [1.807, 2.05) is 74.4 Å². The van der Waals surface area contributed by atoms with E-state index in [0.717, 1.165) is 48.2 Å². The van der Waals surface area contributed by atoms with Crippen LogP contribution in [-0.2, 0) is 4.79 Å². The molecular weight excluding hydrogens is 426 g/mol. The van der Waals surface area contributed by atoms with Gasteiger partial charge in [0.05, 0.1) is 5.52 Å². The number of hydrogen-bond acceptors (Lipinski definition) is 6. The van der Waals surface area contributed by atoms with E-state index in [4.69, 9.17) is 14.7 Å². The topological polar surface area (TPSA) is 79.4 Å². The van der Waals surface area contributed by atoms with E-state index in [1.54, 1.807) is 0 Å². The number of nitrogens with one attached hydrogen (secondary N) is 2. The fraction of sp³-hybridized carbons (Fsp3) is 0.444. The molecule has 1 aliphatic rings. The molecule has 1 amide bonds. The van der Waals surface area contributed by atoms with Crippen LogP contribution in [0.4, 0.5) is 11.8 Å². The number of para-hydroxylation sites is 2. The molecule has 180 valence electrons. The zero-order chi connectivity index (χ0) is 23.9. The average molecular weight is 462 g/mol. The van der Waals surface area contributed by atoms with Crippen molar-refractivity contribution >= 4 is 28.6 Å². The second-order valence-corrected chi connectivity index (χ2v) is 9.22. The third kappa shape index (κ3) is 5.95. The number of aromatic nitrogens is 2. The van der Waals surface area contributed by atoms with Gasteiger partial charge in [0.15, 0.2) is 6.10 Å². The van der Waals surface area contributed by atoms with Gasteiger partial charge in [-0.1, -0.05) is 37.3 Å². The van der Waals surface area contributed by atoms with E-state index < -0.39 is 6.10 Å². The summed E-state index contributed by atoms with van der Waals surface area (Å²) < 4.78 is 5.87. The second-order valence-electron chi connectivity index (χ2n) is 9.22. The van der Waals surface area contributed by atoms with Crippen LogP contribution in [0.5, 0.6) is 5.75 Å². The van der Waals surface area contributed by atoms with Gasteiger partial charge in [0.2, 0.25) is 5.95 Å². The molecule has 1 aromatic heterocycles. The summed E-state index contributed by atoms with van der Waals surface area (Å²) in [7, 11) is 4.01. The Labute approximate surface area is 201 Å². The van der Waals surface area contributed by atoms with Gasteiger partial charge in [-0.05, 0) is 62.3 Å². The van der Waals surface area contributed by atoms with E-state index in [0.29, 0.717) is 30.9 Å². The maximum Gasteiger partial charge on any atom is 0.261 e. The minimum Gasteiger partial charge on any atom is -0.481 e. The third-order valence-corrected chi connectivity index (χ3v) is 6.44. The number of hydrogen-bond donors (Lipinski definition) is 2. The van der Waals surface area contributed by atoms with Gasteiger partial charge in [0.25, 0.3) is 5.91 Å². The van der Waals surface area contributed by atoms with Gasteiger partial charge in [-0.2, -0.15) is 4.98 Å². The van der Waals surface area contributed by atoms with Gasteiger partial charge < -0.3 is 20.3 Å². The van der Waals surface area contributed by atoms with Crippen molar-refractivity contribution < 1.29 is 9.53 Å². The molecule has 1 heterocycles. The predicted molar refractivity (Wildman–Crippen MR) is 137 cm³/mol. The zero-order valence-corrected chi connectivity index (χ0v) is 20.3. The lowest BCUT2D eigenvalue weighted by atomic mass is 9.86. The highest BCUT2D eigenvalue weighted by molar-refractivity contribution is 5.90. The van der Waals surface area contributed by atoms with E-state index >= 15 is 0 Å². The molecule has 2 aromatic carbocycles. The molecule has 0 bridgehead atoms. The predicted octanol–water partition coefficient (Wildman–Crippen LogP) is 4.64. The van der Waals surface area contributed by atoms with Crippen molar-refractivity contribution in [3.05, 3.63) is 54.6 Å². The maximum absolute atomic E-state index is 12.7. The molecule has 0 spiro atoms. The first kappa shape index (κ1) is 23.8. The lowest BCUT2D eigenvalue weighted by Crippen LogP contribution is -2.41. The number of carbonyl (C=O) groups excluding carboxylic acids is 1. The van der Waals surface area contributed by atoms with Crippen LogP contribution in [-0.4, -0.2) is 48.7 Å². The molecule has 1 saturated carbocycles. The van der Waals surface area contributed by atoms with Crippen molar-refractivity contribution in [1.29, 1.82) is 0 Å². The third-order valence-electron chi connectivity index (χ3n) is 6.44. The summed E-state index contributed by atoms with van der Waals surface area (Å²) in [5.41, 5.74) is 0.947. The van der Waals surface area contributed by atoms with Gasteiger partial charge in [-0.15, -0.1) is 0 Å². The van der Waals surface area contributed by atoms with Gasteiger partial charge in [-0.25, -0.2) is 4.98 Å². The molecule has 3 aromatic rings. The number of ether oxygens (including phenoxy) is 1. The molecule has 0 radical (unpaired) electrons. The Bertz CT molecular complexity index is 1080. The largest absolute Gasteiger partial charge is 0.481 e. The minimum absolute atomic E-state index is 0.0348. The first-order chi connectivity index (χ1) is 16.5. The molecule has 1 atom stereocenters. The normalized spacial score (nSPS) is 18.8. The molecule has 0 aliphatic heterocycles. The summed E-state index contributed by atoms with van der Waals surface area (Å²) in [6, 6.07) is 18.0. The van der Waals surface area contributed by atoms with Gasteiger partial charge >= 0.3 is 0 Å². The number of rotatable bonds is 9. The summed E-state index contributed by atoms with van der Waals surface area (Å²) in [6.45, 7) is 2.66. The highest BCUT2D eigenvalue weighted by Crippen LogP contribution is 2.28. The highest BCUT2D eigenvalue weighted by Gasteiger charge is 2.24. The number of carbonyl (C=O) groups is 1. The summed E-state index contributed by atoms with van der Waals surface area (Å²) >= 11 is 0. The summed E-state index contributed by atoms with van der Waals surface area (Å²) in [5, 5.41) is 7.72. The first-order valence-electron chi connectivity index (χ1n) is 12.2. The van der Waals surface area contributed by atoms with Crippen LogP contribution in [0.2, 0.25) is 0 Å². The van der Waals surface area contributed by atoms with Crippen LogP contribution < -0.4 is 20.3 Å². The Hall–Kier alpha value is -3.35. The molecule has 7 heteroatoms. The molecule has 34 heavy (non-hydrogen) atoms. The van der Waals surface area contributed by atoms with Crippen molar-refractivity contribution in [2.45, 2.75) is 51.2 Å². The fourth-order valence-electron chi connectivity index (χ4n) is 4.50. The van der Waals surface area contributed by atoms with Crippen molar-refractivity contribution in [3.8, 4) is 5.75 Å². The van der Waals surface area contributed by atoms with Crippen molar-refractivity contribution in [1.82, 2.24) is 15.3 Å². The number of nitrogens with zero attached hydrogens (tertiary/aromatic N) is 3. The Morgan fingerprint density at radius 2 is 1.74 bits per heavy atom. The van der Waals surface area contributed by atoms with E-state index in [2.05, 4.69) is 16.7 Å². The van der Waals surface area contributed by atoms with Gasteiger partial charge in [0.1, 0.15) is 11.6 Å². The van der Waals surface area contributed by atoms with Crippen LogP contribution in [0.25, 0.3) is 10.9 Å². The quantitative estimate of drug-likeness (QED) is 0.483. The average Bonchev–Trinajstić information content (AvgIpc) is 2.86. The van der Waals surface area contributed by atoms with Crippen LogP contribution in [0, 0.1) is 5.92 Å². The number of anilines is 2. The van der Waals surface area contributed by atoms with E-state index in [-0.39, 0.29) is 5.91 Å². The van der Waals surface area contributed by atoms with Crippen molar-refractivity contribution in [3.63, 3.8) is 0 Å². The minimum atomic E-state index is -0.462. The Morgan fingerprint density at radius 1 is 1.03 bits per heavy atom. The van der Waals surface area contributed by atoms with Crippen LogP contribution in [0.1, 0.15) is 39.0 Å². The van der Waals surface area contributed by atoms with E-state index in [9.17, 15) is 4.79 Å². The standard InChI is InChI=1S/C27H35N5O2/c1-4-24(34-21-10-6-5-7-11-21)26(33)28-18-19-14-16-20(17-15-19)29-27-30-23-13-9-8-12-22(23)25(31-27)32(2)3/h5-13,19-20,24H,4,14-18H2,1-3H3,(H,28,33)(H,29,30,31). The Balaban J connectivity index is 1.27. The molecular formula is C27H35N5O2. The second kappa shape index (κ2) is 11.2. The van der Waals surface area contributed by atoms with Crippen LogP contribution >= 0.6 is 0 Å². The number of fused-ring (bicyclic) bond motifs is 1. The Morgan fingerprint density at radius 3 is 2.44 bits per heavy atom. The molecule has 7 nitrogen and oxygen atoms in total. The lowest BCUT2D eigenvalue weighted by Gasteiger charge is -2.30. The molecule has 1 fully saturated rings. The first-order valence-corrected chi connectivity index (χ1v) is 12.2. The fourth-order valence-corrected chi connectivity index (χ4v) is 4.50. The number of benzene rings is 2. The Kier molecular flexibility index (Phi) is 7.83. The van der Waals surface area contributed by atoms with E-state index in [1.165, 1.54) is 0 Å². The highest BCUT2D eigenvalue weighted by atomic mass is 16.5. The van der Waals surface area contributed by atoms with Crippen molar-refractivity contribution in [2.75, 3.05) is 30.9 Å². The summed E-state index contributed by atoms with van der Waals surface area (Å²) in [4.78, 5) is 24.2. The molecule has 4 rings (SSSR count). The summed E-state index contributed by atoms with van der Waals surface area (Å²) in [5.74, 6) is 2.78. The molecule has 1 aliphatic carbocycles. The lowest BCUT2D eigenvalue weighted by molar-refractivity contribution is -0.128. The monoisotopic (exact) mass is 461 g/mol. The molecule has 0 saturated heterocycles. The molecule has 1 unspecified atom stereocenters. The van der Waals surface area contributed by atoms with Gasteiger partial charge in [0, 0.05) is 32.1 Å². The SMILES string of the molecule is CCC(Oc1ccccc1)C(=O)NCC1CCC(Nc2nc(N(C)C)c3ccccc3n2)CC1. The molecule has 2 N–H and O–H groups in total. The zero-order valence-electron chi connectivity index (χ0n) is 20.3. The van der Waals surface area contributed by atoms with Crippen LogP contribution in [0.15, 0.2) is 54.6 Å². The summed E-state index contributed by atoms with van der Waals surface area (Å²) in [6.07, 6.45) is 4.36. The van der Waals surface area contributed by atoms with Crippen molar-refractivity contribution in [2.24, 2.45) is 5.92 Å². The number of amides is 1. The smallest absolute Gasteiger partial charge is 0.261 e. The van der Waals surface area contributed by atoms with Gasteiger partial charge in [-0.3, -0.25) is 4.79 Å². The maximum atomic E-state index is 12.7. The van der Waals surface area contributed by atoms with Crippen LogP contribution in [0.3, 0.4) is 0 Å².